The molecule has 4 heterocycles. The molecule has 0 saturated carbocycles. The number of ether oxygens (including phenoxy) is 1. The molecule has 0 aliphatic carbocycles. The first-order chi connectivity index (χ1) is 18.1. The fourth-order valence-corrected chi connectivity index (χ4v) is 4.42. The number of hydrogen-bond acceptors (Lipinski definition) is 5. The van der Waals surface area contributed by atoms with Crippen molar-refractivity contribution in [2.75, 3.05) is 0 Å². The van der Waals surface area contributed by atoms with Gasteiger partial charge in [0.15, 0.2) is 0 Å². The third-order valence-corrected chi connectivity index (χ3v) is 6.42. The van der Waals surface area contributed by atoms with E-state index in [9.17, 15) is 18.0 Å². The van der Waals surface area contributed by atoms with E-state index in [2.05, 4.69) is 10.1 Å². The number of hydrogen-bond donors (Lipinski definition) is 0. The number of rotatable bonds is 6. The molecule has 5 aromatic rings. The van der Waals surface area contributed by atoms with Crippen LogP contribution in [0.5, 0.6) is 5.75 Å². The van der Waals surface area contributed by atoms with Crippen LogP contribution in [0, 0.1) is 13.8 Å². The predicted molar refractivity (Wildman–Crippen MR) is 137 cm³/mol. The molecule has 10 heteroatoms. The number of alkyl halides is 3. The second kappa shape index (κ2) is 9.77. The van der Waals surface area contributed by atoms with E-state index in [4.69, 9.17) is 9.72 Å². The van der Waals surface area contributed by atoms with Gasteiger partial charge in [0.1, 0.15) is 17.9 Å². The van der Waals surface area contributed by atoms with Gasteiger partial charge in [-0.15, -0.1) is 0 Å². The Labute approximate surface area is 216 Å². The number of para-hydroxylation sites is 1. The molecule has 4 aromatic heterocycles. The lowest BCUT2D eigenvalue weighted by molar-refractivity contribution is -0.137. The van der Waals surface area contributed by atoms with E-state index in [1.54, 1.807) is 17.1 Å². The molecule has 5 rings (SSSR count). The summed E-state index contributed by atoms with van der Waals surface area (Å²) in [7, 11) is 1.88. The van der Waals surface area contributed by atoms with Crippen LogP contribution in [0.1, 0.15) is 28.1 Å². The van der Waals surface area contributed by atoms with E-state index in [0.717, 1.165) is 45.7 Å². The van der Waals surface area contributed by atoms with Crippen LogP contribution in [-0.2, 0) is 26.4 Å². The van der Waals surface area contributed by atoms with E-state index < -0.39 is 17.3 Å². The number of nitrogens with zero attached hydrogens (tertiary/aromatic N) is 5. The summed E-state index contributed by atoms with van der Waals surface area (Å²) in [6.45, 7) is 3.96. The van der Waals surface area contributed by atoms with Crippen molar-refractivity contribution >= 4 is 10.9 Å². The zero-order valence-electron chi connectivity index (χ0n) is 21.0. The van der Waals surface area contributed by atoms with E-state index >= 15 is 0 Å². The van der Waals surface area contributed by atoms with Crippen molar-refractivity contribution < 1.29 is 17.9 Å². The molecule has 0 amide bonds. The van der Waals surface area contributed by atoms with Crippen molar-refractivity contribution in [1.29, 1.82) is 0 Å². The van der Waals surface area contributed by atoms with Crippen molar-refractivity contribution in [2.45, 2.75) is 33.2 Å². The Morgan fingerprint density at radius 1 is 1.03 bits per heavy atom. The van der Waals surface area contributed by atoms with Gasteiger partial charge in [-0.25, -0.2) is 4.98 Å². The minimum atomic E-state index is -4.58. The summed E-state index contributed by atoms with van der Waals surface area (Å²) in [5.74, 6) is 0.579. The van der Waals surface area contributed by atoms with Gasteiger partial charge in [0.2, 0.25) is 0 Å². The van der Waals surface area contributed by atoms with Crippen molar-refractivity contribution in [3.63, 3.8) is 0 Å². The lowest BCUT2D eigenvalue weighted by atomic mass is 10.0. The maximum Gasteiger partial charge on any atom is 0.416 e. The summed E-state index contributed by atoms with van der Waals surface area (Å²) >= 11 is 0. The molecule has 0 aliphatic heterocycles. The van der Waals surface area contributed by atoms with Crippen molar-refractivity contribution in [1.82, 2.24) is 24.3 Å². The smallest absolute Gasteiger partial charge is 0.416 e. The van der Waals surface area contributed by atoms with Gasteiger partial charge in [-0.1, -0.05) is 12.1 Å². The molecule has 0 atom stereocenters. The Morgan fingerprint density at radius 3 is 2.55 bits per heavy atom. The number of pyridine rings is 3. The van der Waals surface area contributed by atoms with Crippen LogP contribution in [0.25, 0.3) is 22.2 Å². The van der Waals surface area contributed by atoms with Crippen molar-refractivity contribution in [2.24, 2.45) is 7.05 Å². The van der Waals surface area contributed by atoms with Crippen LogP contribution >= 0.6 is 0 Å². The first-order valence-corrected chi connectivity index (χ1v) is 11.8. The third-order valence-electron chi connectivity index (χ3n) is 6.42. The van der Waals surface area contributed by atoms with Gasteiger partial charge in [0.05, 0.1) is 23.5 Å². The first kappa shape index (κ1) is 25.2. The maximum atomic E-state index is 13.0. The number of fused-ring (bicyclic) bond motifs is 1. The van der Waals surface area contributed by atoms with E-state index in [-0.39, 0.29) is 13.2 Å². The predicted octanol–water partition coefficient (Wildman–Crippen LogP) is 5.45. The SMILES string of the molecule is Cc1cc(-c2ccnn2C)c2cccc(OCc3c(C)ccnc3Cn3ccc(C(F)(F)F)cc3=O)c2n1. The number of aryl methyl sites for hydroxylation is 3. The monoisotopic (exact) mass is 519 g/mol. The Kier molecular flexibility index (Phi) is 6.48. The zero-order chi connectivity index (χ0) is 27.0. The molecule has 0 N–H and O–H groups in total. The molecule has 0 radical (unpaired) electrons. The van der Waals surface area contributed by atoms with Gasteiger partial charge in [0, 0.05) is 53.9 Å². The summed E-state index contributed by atoms with van der Waals surface area (Å²) in [5, 5.41) is 5.20. The molecule has 0 unspecified atom stereocenters. The summed E-state index contributed by atoms with van der Waals surface area (Å²) in [6, 6.07) is 13.0. The highest BCUT2D eigenvalue weighted by Gasteiger charge is 2.31. The van der Waals surface area contributed by atoms with Gasteiger partial charge in [0.25, 0.3) is 5.56 Å². The Bertz CT molecular complexity index is 1710. The molecule has 1 aromatic carbocycles. The first-order valence-electron chi connectivity index (χ1n) is 11.8. The Morgan fingerprint density at radius 2 is 1.84 bits per heavy atom. The highest BCUT2D eigenvalue weighted by Crippen LogP contribution is 2.33. The highest BCUT2D eigenvalue weighted by atomic mass is 19.4. The highest BCUT2D eigenvalue weighted by molar-refractivity contribution is 5.97. The van der Waals surface area contributed by atoms with Crippen molar-refractivity contribution in [3.05, 3.63) is 106 Å². The quantitative estimate of drug-likeness (QED) is 0.298. The lowest BCUT2D eigenvalue weighted by Gasteiger charge is -2.16. The minimum Gasteiger partial charge on any atom is -0.487 e. The summed E-state index contributed by atoms with van der Waals surface area (Å²) in [6.07, 6.45) is -0.101. The average molecular weight is 520 g/mol. The van der Waals surface area contributed by atoms with E-state index in [1.165, 1.54) is 4.57 Å². The van der Waals surface area contributed by atoms with Gasteiger partial charge < -0.3 is 9.30 Å². The third kappa shape index (κ3) is 4.89. The minimum absolute atomic E-state index is 0.00881. The van der Waals surface area contributed by atoms with Crippen LogP contribution in [0.15, 0.2) is 71.9 Å². The van der Waals surface area contributed by atoms with Gasteiger partial charge in [-0.2, -0.15) is 18.3 Å². The van der Waals surface area contributed by atoms with Gasteiger partial charge >= 0.3 is 6.18 Å². The largest absolute Gasteiger partial charge is 0.487 e. The Balaban J connectivity index is 1.47. The van der Waals surface area contributed by atoms with Crippen LogP contribution in [-0.4, -0.2) is 24.3 Å². The fourth-order valence-electron chi connectivity index (χ4n) is 4.42. The number of benzene rings is 1. The normalized spacial score (nSPS) is 11.7. The topological polar surface area (TPSA) is 74.8 Å². The molecule has 0 spiro atoms. The summed E-state index contributed by atoms with van der Waals surface area (Å²) < 4.78 is 48.2. The van der Waals surface area contributed by atoms with E-state index in [1.807, 2.05) is 57.3 Å². The molecule has 0 saturated heterocycles. The maximum absolute atomic E-state index is 13.0. The second-order valence-electron chi connectivity index (χ2n) is 9.02. The molecule has 7 nitrogen and oxygen atoms in total. The van der Waals surface area contributed by atoms with Gasteiger partial charge in [-0.3, -0.25) is 14.5 Å². The molecular formula is C28H24F3N5O2. The summed E-state index contributed by atoms with van der Waals surface area (Å²) in [5.41, 5.74) is 3.88. The van der Waals surface area contributed by atoms with Crippen LogP contribution in [0.3, 0.4) is 0 Å². The zero-order valence-corrected chi connectivity index (χ0v) is 21.0. The standard InChI is InChI=1S/C28H24F3N5O2/c1-17-7-10-32-23(15-36-12-9-19(14-26(36)37)28(29,30)31)22(17)16-38-25-6-4-5-20-21(13-18(2)34-27(20)25)24-8-11-33-35(24)3/h4-14H,15-16H2,1-3H3. The molecule has 0 aliphatic rings. The van der Waals surface area contributed by atoms with E-state index in [0.29, 0.717) is 23.0 Å². The average Bonchev–Trinajstić information content (AvgIpc) is 3.29. The second-order valence-corrected chi connectivity index (χ2v) is 9.02. The van der Waals surface area contributed by atoms with Gasteiger partial charge in [-0.05, 0) is 49.7 Å². The lowest BCUT2D eigenvalue weighted by Crippen LogP contribution is -2.23. The fraction of sp³-hybridized carbons (Fsp3) is 0.214. The van der Waals surface area contributed by atoms with Crippen molar-refractivity contribution in [3.8, 4) is 17.0 Å². The van der Waals surface area contributed by atoms with Crippen LogP contribution in [0.4, 0.5) is 13.2 Å². The Hall–Kier alpha value is -4.47. The molecule has 194 valence electrons. The summed E-state index contributed by atoms with van der Waals surface area (Å²) in [4.78, 5) is 21.5. The number of halogens is 3. The molecule has 0 fully saturated rings. The molecule has 0 bridgehead atoms. The van der Waals surface area contributed by atoms with Crippen LogP contribution < -0.4 is 10.3 Å². The molecule has 38 heavy (non-hydrogen) atoms. The van der Waals surface area contributed by atoms with Crippen LogP contribution in [0.2, 0.25) is 0 Å². The molecular weight excluding hydrogens is 495 g/mol. The number of aromatic nitrogens is 5.